The smallest absolute Gasteiger partial charge is 0.119 e. The number of hydrogen-bond donors (Lipinski definition) is 1. The Balaban J connectivity index is 1.84. The van der Waals surface area contributed by atoms with Gasteiger partial charge in [0.1, 0.15) is 5.75 Å². The highest BCUT2D eigenvalue weighted by Crippen LogP contribution is 2.16. The molecule has 0 heterocycles. The van der Waals surface area contributed by atoms with Crippen LogP contribution in [-0.2, 0) is 6.42 Å². The van der Waals surface area contributed by atoms with Crippen molar-refractivity contribution >= 4 is 0 Å². The summed E-state index contributed by atoms with van der Waals surface area (Å²) >= 11 is 0. The first-order valence-corrected chi connectivity index (χ1v) is 10.3. The van der Waals surface area contributed by atoms with Gasteiger partial charge < -0.3 is 5.11 Å². The van der Waals surface area contributed by atoms with Gasteiger partial charge in [-0.1, -0.05) is 108 Å². The number of rotatable bonds is 15. The van der Waals surface area contributed by atoms with Gasteiger partial charge in [-0.3, -0.25) is 0 Å². The van der Waals surface area contributed by atoms with Crippen LogP contribution in [0.1, 0.15) is 96.0 Å². The molecule has 1 nitrogen and oxygen atoms in total. The Hall–Kier alpha value is -1.24. The predicted molar refractivity (Wildman–Crippen MR) is 107 cm³/mol. The largest absolute Gasteiger partial charge is 0.508 e. The van der Waals surface area contributed by atoms with Gasteiger partial charge in [-0.05, 0) is 30.9 Å². The fourth-order valence-corrected chi connectivity index (χ4v) is 3.11. The standard InChI is InChI=1S/C23H38O/c1-2-3-4-5-6-7-8-9-10-11-12-13-14-15-16-19-22-20-17-18-21-23(22)24/h15-18,20-21,24H,2-14,19H2,1H3. The molecule has 0 fully saturated rings. The molecule has 0 aliphatic rings. The molecule has 0 saturated carbocycles. The van der Waals surface area contributed by atoms with Crippen molar-refractivity contribution in [3.05, 3.63) is 42.0 Å². The third-order valence-electron chi connectivity index (χ3n) is 4.72. The van der Waals surface area contributed by atoms with Crippen molar-refractivity contribution in [2.45, 2.75) is 96.8 Å². The molecule has 0 amide bonds. The first-order chi connectivity index (χ1) is 11.8. The van der Waals surface area contributed by atoms with Gasteiger partial charge in [0, 0.05) is 0 Å². The Bertz CT molecular complexity index is 422. The summed E-state index contributed by atoms with van der Waals surface area (Å²) in [5.41, 5.74) is 1.02. The lowest BCUT2D eigenvalue weighted by molar-refractivity contribution is 0.469. The highest BCUT2D eigenvalue weighted by molar-refractivity contribution is 5.33. The Morgan fingerprint density at radius 2 is 1.25 bits per heavy atom. The van der Waals surface area contributed by atoms with Crippen molar-refractivity contribution in [3.63, 3.8) is 0 Å². The van der Waals surface area contributed by atoms with Crippen LogP contribution in [0.3, 0.4) is 0 Å². The van der Waals surface area contributed by atoms with Gasteiger partial charge in [-0.15, -0.1) is 0 Å². The maximum atomic E-state index is 9.69. The molecule has 1 N–H and O–H groups in total. The Kier molecular flexibility index (Phi) is 13.3. The van der Waals surface area contributed by atoms with E-state index in [4.69, 9.17) is 0 Å². The molecule has 1 heteroatoms. The van der Waals surface area contributed by atoms with Gasteiger partial charge in [0.25, 0.3) is 0 Å². The number of phenols is 1. The van der Waals surface area contributed by atoms with Crippen LogP contribution < -0.4 is 0 Å². The van der Waals surface area contributed by atoms with Gasteiger partial charge in [0.15, 0.2) is 0 Å². The molecule has 136 valence electrons. The zero-order chi connectivity index (χ0) is 17.3. The van der Waals surface area contributed by atoms with E-state index in [9.17, 15) is 5.11 Å². The zero-order valence-corrected chi connectivity index (χ0v) is 15.8. The van der Waals surface area contributed by atoms with Gasteiger partial charge in [0.05, 0.1) is 0 Å². The second-order valence-electron chi connectivity index (χ2n) is 6.98. The molecule has 1 aromatic rings. The van der Waals surface area contributed by atoms with Crippen LogP contribution in [0.15, 0.2) is 36.4 Å². The third-order valence-corrected chi connectivity index (χ3v) is 4.72. The first kappa shape index (κ1) is 20.8. The average molecular weight is 331 g/mol. The van der Waals surface area contributed by atoms with Gasteiger partial charge in [-0.2, -0.15) is 0 Å². The third kappa shape index (κ3) is 11.3. The quantitative estimate of drug-likeness (QED) is 0.259. The van der Waals surface area contributed by atoms with Crippen LogP contribution in [0, 0.1) is 0 Å². The summed E-state index contributed by atoms with van der Waals surface area (Å²) in [5.74, 6) is 0.410. The lowest BCUT2D eigenvalue weighted by Crippen LogP contribution is -1.83. The number of unbranched alkanes of at least 4 members (excludes halogenated alkanes) is 12. The number of hydrogen-bond acceptors (Lipinski definition) is 1. The highest BCUT2D eigenvalue weighted by Gasteiger charge is 1.96. The summed E-state index contributed by atoms with van der Waals surface area (Å²) in [5, 5.41) is 9.69. The van der Waals surface area contributed by atoms with Crippen molar-refractivity contribution < 1.29 is 5.11 Å². The van der Waals surface area contributed by atoms with Crippen LogP contribution >= 0.6 is 0 Å². The Labute approximate surface area is 150 Å². The van der Waals surface area contributed by atoms with E-state index in [-0.39, 0.29) is 0 Å². The molecule has 0 aromatic heterocycles. The summed E-state index contributed by atoms with van der Waals surface area (Å²) in [6, 6.07) is 7.60. The van der Waals surface area contributed by atoms with E-state index in [0.717, 1.165) is 12.0 Å². The van der Waals surface area contributed by atoms with E-state index in [1.165, 1.54) is 83.5 Å². The minimum Gasteiger partial charge on any atom is -0.508 e. The predicted octanol–water partition coefficient (Wildman–Crippen LogP) is 7.58. The molecule has 0 radical (unpaired) electrons. The van der Waals surface area contributed by atoms with Crippen molar-refractivity contribution in [3.8, 4) is 5.75 Å². The summed E-state index contributed by atoms with van der Waals surface area (Å²) < 4.78 is 0. The first-order valence-electron chi connectivity index (χ1n) is 10.3. The molecule has 0 bridgehead atoms. The molecule has 0 saturated heterocycles. The number of allylic oxidation sites excluding steroid dienone is 2. The fraction of sp³-hybridized carbons (Fsp3) is 0.652. The maximum Gasteiger partial charge on any atom is 0.119 e. The van der Waals surface area contributed by atoms with Crippen molar-refractivity contribution in [1.82, 2.24) is 0 Å². The lowest BCUT2D eigenvalue weighted by atomic mass is 10.0. The van der Waals surface area contributed by atoms with Crippen molar-refractivity contribution in [2.75, 3.05) is 0 Å². The molecule has 0 aliphatic heterocycles. The van der Waals surface area contributed by atoms with Crippen LogP contribution in [0.2, 0.25) is 0 Å². The van der Waals surface area contributed by atoms with Crippen LogP contribution in [0.4, 0.5) is 0 Å². The maximum absolute atomic E-state index is 9.69. The summed E-state index contributed by atoms with van der Waals surface area (Å²) in [4.78, 5) is 0. The van der Waals surface area contributed by atoms with Gasteiger partial charge in [0.2, 0.25) is 0 Å². The minimum absolute atomic E-state index is 0.410. The second-order valence-corrected chi connectivity index (χ2v) is 6.98. The van der Waals surface area contributed by atoms with Crippen LogP contribution in [0.25, 0.3) is 0 Å². The van der Waals surface area contributed by atoms with E-state index >= 15 is 0 Å². The molecular weight excluding hydrogens is 292 g/mol. The lowest BCUT2D eigenvalue weighted by Gasteiger charge is -2.02. The van der Waals surface area contributed by atoms with E-state index in [0.29, 0.717) is 5.75 Å². The second kappa shape index (κ2) is 15.3. The van der Waals surface area contributed by atoms with E-state index in [2.05, 4.69) is 19.1 Å². The molecule has 1 aromatic carbocycles. The zero-order valence-electron chi connectivity index (χ0n) is 15.8. The number of phenolic OH excluding ortho intramolecular Hbond substituents is 1. The highest BCUT2D eigenvalue weighted by atomic mass is 16.3. The van der Waals surface area contributed by atoms with Gasteiger partial charge in [-0.25, -0.2) is 0 Å². The molecule has 24 heavy (non-hydrogen) atoms. The monoisotopic (exact) mass is 330 g/mol. The van der Waals surface area contributed by atoms with Crippen LogP contribution in [-0.4, -0.2) is 5.11 Å². The normalized spacial score (nSPS) is 11.4. The summed E-state index contributed by atoms with van der Waals surface area (Å²) in [6.07, 6.45) is 23.3. The fourth-order valence-electron chi connectivity index (χ4n) is 3.11. The van der Waals surface area contributed by atoms with E-state index in [1.807, 2.05) is 18.2 Å². The van der Waals surface area contributed by atoms with Gasteiger partial charge >= 0.3 is 0 Å². The molecule has 0 unspecified atom stereocenters. The molecule has 0 atom stereocenters. The molecule has 0 aliphatic carbocycles. The summed E-state index contributed by atoms with van der Waals surface area (Å²) in [7, 11) is 0. The summed E-state index contributed by atoms with van der Waals surface area (Å²) in [6.45, 7) is 2.28. The number of benzene rings is 1. The molecule has 0 spiro atoms. The van der Waals surface area contributed by atoms with E-state index < -0.39 is 0 Å². The topological polar surface area (TPSA) is 20.2 Å². The Morgan fingerprint density at radius 3 is 1.83 bits per heavy atom. The number of para-hydroxylation sites is 1. The minimum atomic E-state index is 0.410. The van der Waals surface area contributed by atoms with Crippen molar-refractivity contribution in [1.29, 1.82) is 0 Å². The van der Waals surface area contributed by atoms with Crippen LogP contribution in [0.5, 0.6) is 5.75 Å². The average Bonchev–Trinajstić information content (AvgIpc) is 2.60. The van der Waals surface area contributed by atoms with Crippen molar-refractivity contribution in [2.24, 2.45) is 0 Å². The number of aromatic hydroxyl groups is 1. The van der Waals surface area contributed by atoms with E-state index in [1.54, 1.807) is 6.07 Å². The molecule has 1 rings (SSSR count). The Morgan fingerprint density at radius 1 is 0.708 bits per heavy atom. The SMILES string of the molecule is CCCCCCCCCCCCCCC=CCc1ccccc1O. The molecular formula is C23H38O.